The van der Waals surface area contributed by atoms with Crippen LogP contribution in [0, 0.1) is 5.82 Å². The largest absolute Gasteiger partial charge is 0.488 e. The zero-order chi connectivity index (χ0) is 16.1. The van der Waals surface area contributed by atoms with Crippen LogP contribution in [0.1, 0.15) is 32.8 Å². The molecule has 0 fully saturated rings. The summed E-state index contributed by atoms with van der Waals surface area (Å²) in [5.41, 5.74) is 4.31. The van der Waals surface area contributed by atoms with Gasteiger partial charge in [-0.15, -0.1) is 0 Å². The lowest BCUT2D eigenvalue weighted by atomic mass is 10.00. The third-order valence-corrected chi connectivity index (χ3v) is 3.54. The van der Waals surface area contributed by atoms with Gasteiger partial charge in [-0.3, -0.25) is 0 Å². The fourth-order valence-corrected chi connectivity index (χ4v) is 2.26. The maximum Gasteiger partial charge on any atom is 0.165 e. The first-order chi connectivity index (χ1) is 10.5. The second-order valence-corrected chi connectivity index (χ2v) is 5.79. The van der Waals surface area contributed by atoms with Crippen molar-refractivity contribution in [2.75, 3.05) is 0 Å². The van der Waals surface area contributed by atoms with Crippen LogP contribution in [-0.2, 0) is 6.42 Å². The summed E-state index contributed by atoms with van der Waals surface area (Å²) in [6.07, 6.45) is 1.85. The summed E-state index contributed by atoms with van der Waals surface area (Å²) in [5, 5.41) is 0. The summed E-state index contributed by atoms with van der Waals surface area (Å²) >= 11 is 0. The highest BCUT2D eigenvalue weighted by Crippen LogP contribution is 2.27. The molecule has 0 spiro atoms. The van der Waals surface area contributed by atoms with Crippen LogP contribution < -0.4 is 4.74 Å². The highest BCUT2D eigenvalue weighted by atomic mass is 19.1. The van der Waals surface area contributed by atoms with Gasteiger partial charge in [-0.1, -0.05) is 49.4 Å². The highest BCUT2D eigenvalue weighted by Gasteiger charge is 2.08. The summed E-state index contributed by atoms with van der Waals surface area (Å²) in [4.78, 5) is 0. The van der Waals surface area contributed by atoms with Crippen molar-refractivity contribution < 1.29 is 9.13 Å². The minimum atomic E-state index is -0.324. The lowest BCUT2D eigenvalue weighted by Crippen LogP contribution is -2.06. The minimum absolute atomic E-state index is 0.0358. The Bertz CT molecular complexity index is 641. The molecule has 0 aliphatic carbocycles. The highest BCUT2D eigenvalue weighted by molar-refractivity contribution is 5.64. The van der Waals surface area contributed by atoms with Crippen molar-refractivity contribution >= 4 is 0 Å². The van der Waals surface area contributed by atoms with Crippen LogP contribution in [-0.4, -0.2) is 6.10 Å². The van der Waals surface area contributed by atoms with Crippen molar-refractivity contribution in [1.29, 1.82) is 0 Å². The van der Waals surface area contributed by atoms with Crippen LogP contribution in [0.4, 0.5) is 4.39 Å². The zero-order valence-corrected chi connectivity index (χ0v) is 13.5. The number of rotatable bonds is 6. The van der Waals surface area contributed by atoms with Crippen molar-refractivity contribution in [3.05, 3.63) is 66.0 Å². The van der Waals surface area contributed by atoms with Crippen molar-refractivity contribution in [3.8, 4) is 16.9 Å². The van der Waals surface area contributed by atoms with Gasteiger partial charge in [0, 0.05) is 0 Å². The molecule has 0 radical (unpaired) electrons. The Morgan fingerprint density at radius 3 is 2.27 bits per heavy atom. The molecule has 116 valence electrons. The van der Waals surface area contributed by atoms with Crippen LogP contribution in [0.5, 0.6) is 5.75 Å². The Labute approximate surface area is 132 Å². The van der Waals surface area contributed by atoms with Gasteiger partial charge in [0.2, 0.25) is 0 Å². The Morgan fingerprint density at radius 2 is 1.73 bits per heavy atom. The molecule has 0 atom stereocenters. The van der Waals surface area contributed by atoms with Gasteiger partial charge in [0.15, 0.2) is 11.6 Å². The van der Waals surface area contributed by atoms with E-state index >= 15 is 0 Å². The molecular weight excluding hydrogens is 275 g/mol. The topological polar surface area (TPSA) is 9.23 Å². The van der Waals surface area contributed by atoms with E-state index < -0.39 is 0 Å². The standard InChI is InChI=1S/C20H23FO/c1-5-15(4)12-16-6-8-17(9-7-16)18-10-11-20(19(21)13-18)22-14(2)3/h6-11,13-14H,4-5,12H2,1-3H3. The van der Waals surface area contributed by atoms with Gasteiger partial charge in [0.1, 0.15) is 0 Å². The molecule has 0 bridgehead atoms. The molecule has 0 N–H and O–H groups in total. The lowest BCUT2D eigenvalue weighted by molar-refractivity contribution is 0.231. The van der Waals surface area contributed by atoms with Gasteiger partial charge in [-0.2, -0.15) is 0 Å². The van der Waals surface area contributed by atoms with E-state index in [2.05, 4.69) is 25.6 Å². The van der Waals surface area contributed by atoms with Crippen LogP contribution >= 0.6 is 0 Å². The fourth-order valence-electron chi connectivity index (χ4n) is 2.26. The van der Waals surface area contributed by atoms with Crippen molar-refractivity contribution in [3.63, 3.8) is 0 Å². The van der Waals surface area contributed by atoms with Gasteiger partial charge in [-0.05, 0) is 55.5 Å². The van der Waals surface area contributed by atoms with E-state index in [1.54, 1.807) is 6.07 Å². The first-order valence-corrected chi connectivity index (χ1v) is 7.71. The Balaban J connectivity index is 2.18. The Hall–Kier alpha value is -2.09. The molecule has 2 heteroatoms. The van der Waals surface area contributed by atoms with E-state index in [0.717, 1.165) is 24.0 Å². The maximum absolute atomic E-state index is 14.1. The normalized spacial score (nSPS) is 10.8. The number of hydrogen-bond acceptors (Lipinski definition) is 1. The average Bonchev–Trinajstić information content (AvgIpc) is 2.49. The number of benzene rings is 2. The molecule has 0 saturated carbocycles. The molecule has 2 aromatic rings. The van der Waals surface area contributed by atoms with Crippen molar-refractivity contribution in [2.45, 2.75) is 39.7 Å². The zero-order valence-electron chi connectivity index (χ0n) is 13.5. The van der Waals surface area contributed by atoms with Crippen LogP contribution in [0.2, 0.25) is 0 Å². The molecule has 0 aromatic heterocycles. The van der Waals surface area contributed by atoms with E-state index in [9.17, 15) is 4.39 Å². The molecule has 0 aliphatic rings. The molecule has 0 amide bonds. The van der Waals surface area contributed by atoms with Crippen molar-refractivity contribution in [2.24, 2.45) is 0 Å². The van der Waals surface area contributed by atoms with Gasteiger partial charge in [0.25, 0.3) is 0 Å². The fraction of sp³-hybridized carbons (Fsp3) is 0.300. The molecular formula is C20H23FO. The number of halogens is 1. The van der Waals surface area contributed by atoms with Gasteiger partial charge in [0.05, 0.1) is 6.10 Å². The van der Waals surface area contributed by atoms with Gasteiger partial charge < -0.3 is 4.74 Å². The number of ether oxygens (including phenoxy) is 1. The van der Waals surface area contributed by atoms with E-state index in [4.69, 9.17) is 4.74 Å². The monoisotopic (exact) mass is 298 g/mol. The van der Waals surface area contributed by atoms with E-state index in [1.165, 1.54) is 17.2 Å². The van der Waals surface area contributed by atoms with Crippen LogP contribution in [0.15, 0.2) is 54.6 Å². The SMILES string of the molecule is C=C(CC)Cc1ccc(-c2ccc(OC(C)C)c(F)c2)cc1. The molecule has 2 aromatic carbocycles. The molecule has 22 heavy (non-hydrogen) atoms. The number of hydrogen-bond donors (Lipinski definition) is 0. The van der Waals surface area contributed by atoms with E-state index in [-0.39, 0.29) is 11.9 Å². The summed E-state index contributed by atoms with van der Waals surface area (Å²) < 4.78 is 19.5. The molecule has 0 unspecified atom stereocenters. The second kappa shape index (κ2) is 7.26. The smallest absolute Gasteiger partial charge is 0.165 e. The lowest BCUT2D eigenvalue weighted by Gasteiger charge is -2.12. The third kappa shape index (κ3) is 4.20. The van der Waals surface area contributed by atoms with Crippen LogP contribution in [0.25, 0.3) is 11.1 Å². The quantitative estimate of drug-likeness (QED) is 0.613. The predicted molar refractivity (Wildman–Crippen MR) is 90.7 cm³/mol. The van der Waals surface area contributed by atoms with Gasteiger partial charge >= 0.3 is 0 Å². The van der Waals surface area contributed by atoms with E-state index in [0.29, 0.717) is 5.75 Å². The minimum Gasteiger partial charge on any atom is -0.488 e. The first-order valence-electron chi connectivity index (χ1n) is 7.71. The Morgan fingerprint density at radius 1 is 1.09 bits per heavy atom. The van der Waals surface area contributed by atoms with E-state index in [1.807, 2.05) is 32.0 Å². The Kier molecular flexibility index (Phi) is 5.37. The summed E-state index contributed by atoms with van der Waals surface area (Å²) in [6.45, 7) is 9.91. The summed E-state index contributed by atoms with van der Waals surface area (Å²) in [5.74, 6) is -0.0238. The second-order valence-electron chi connectivity index (χ2n) is 5.79. The predicted octanol–water partition coefficient (Wildman–Crippen LogP) is 5.79. The molecule has 0 saturated heterocycles. The maximum atomic E-state index is 14.1. The average molecular weight is 298 g/mol. The number of allylic oxidation sites excluding steroid dienone is 1. The van der Waals surface area contributed by atoms with Crippen LogP contribution in [0.3, 0.4) is 0 Å². The third-order valence-electron chi connectivity index (χ3n) is 3.54. The summed E-state index contributed by atoms with van der Waals surface area (Å²) in [6, 6.07) is 13.3. The van der Waals surface area contributed by atoms with Gasteiger partial charge in [-0.25, -0.2) is 4.39 Å². The molecule has 0 aliphatic heterocycles. The summed E-state index contributed by atoms with van der Waals surface area (Å²) in [7, 11) is 0. The molecule has 2 rings (SSSR count). The van der Waals surface area contributed by atoms with Crippen molar-refractivity contribution in [1.82, 2.24) is 0 Å². The first kappa shape index (κ1) is 16.3. The molecule has 1 nitrogen and oxygen atoms in total. The molecule has 0 heterocycles.